The van der Waals surface area contributed by atoms with Gasteiger partial charge in [0.1, 0.15) is 5.15 Å². The molecular weight excluding hydrogens is 286 g/mol. The molecule has 110 valence electrons. The molecular formula is C16H18ClN3O. The molecule has 1 atom stereocenters. The molecule has 1 unspecified atom stereocenters. The van der Waals surface area contributed by atoms with Crippen molar-refractivity contribution in [1.29, 1.82) is 0 Å². The Morgan fingerprint density at radius 2 is 1.86 bits per heavy atom. The van der Waals surface area contributed by atoms with Crippen LogP contribution >= 0.6 is 11.6 Å². The van der Waals surface area contributed by atoms with E-state index < -0.39 is 0 Å². The minimum absolute atomic E-state index is 0.102. The van der Waals surface area contributed by atoms with E-state index in [9.17, 15) is 4.79 Å². The van der Waals surface area contributed by atoms with Gasteiger partial charge < -0.3 is 5.32 Å². The lowest BCUT2D eigenvalue weighted by atomic mass is 10.1. The molecule has 0 aliphatic heterocycles. The number of carbonyl (C=O) groups excluding carboxylic acids is 1. The fourth-order valence-electron chi connectivity index (χ4n) is 1.96. The van der Waals surface area contributed by atoms with Crippen LogP contribution in [0.4, 0.5) is 0 Å². The Hall–Kier alpha value is -1.94. The first-order valence-electron chi connectivity index (χ1n) is 6.85. The molecule has 0 radical (unpaired) electrons. The van der Waals surface area contributed by atoms with Crippen molar-refractivity contribution in [2.24, 2.45) is 0 Å². The Morgan fingerprint density at radius 1 is 1.19 bits per heavy atom. The molecule has 1 N–H and O–H groups in total. The lowest BCUT2D eigenvalue weighted by Crippen LogP contribution is -2.26. The van der Waals surface area contributed by atoms with Crippen LogP contribution in [0.1, 0.15) is 54.3 Å². The van der Waals surface area contributed by atoms with Crippen molar-refractivity contribution in [2.45, 2.75) is 32.7 Å². The van der Waals surface area contributed by atoms with Crippen molar-refractivity contribution in [2.75, 3.05) is 0 Å². The summed E-state index contributed by atoms with van der Waals surface area (Å²) in [6.07, 6.45) is 3.41. The van der Waals surface area contributed by atoms with Crippen LogP contribution in [0.5, 0.6) is 0 Å². The zero-order valence-corrected chi connectivity index (χ0v) is 13.1. The molecule has 0 saturated carbocycles. The maximum Gasteiger partial charge on any atom is 0.251 e. The Morgan fingerprint density at radius 3 is 2.48 bits per heavy atom. The number of hydrogen-bond donors (Lipinski definition) is 1. The van der Waals surface area contributed by atoms with E-state index in [4.69, 9.17) is 11.6 Å². The van der Waals surface area contributed by atoms with Gasteiger partial charge >= 0.3 is 0 Å². The zero-order valence-electron chi connectivity index (χ0n) is 12.3. The maximum atomic E-state index is 12.3. The molecule has 0 spiro atoms. The van der Waals surface area contributed by atoms with Gasteiger partial charge in [-0.25, -0.2) is 4.98 Å². The van der Waals surface area contributed by atoms with Gasteiger partial charge in [0.2, 0.25) is 0 Å². The SMILES string of the molecule is CC(C)c1cc(C(=O)NC(C)c2ccncc2)cc(Cl)n1. The quantitative estimate of drug-likeness (QED) is 0.875. The summed E-state index contributed by atoms with van der Waals surface area (Å²) in [4.78, 5) is 20.5. The molecule has 21 heavy (non-hydrogen) atoms. The first kappa shape index (κ1) is 15.4. The Balaban J connectivity index is 2.17. The predicted molar refractivity (Wildman–Crippen MR) is 83.5 cm³/mol. The molecule has 2 aromatic heterocycles. The molecule has 2 heterocycles. The van der Waals surface area contributed by atoms with Crippen molar-refractivity contribution < 1.29 is 4.79 Å². The van der Waals surface area contributed by atoms with Gasteiger partial charge in [0.15, 0.2) is 0 Å². The number of nitrogens with zero attached hydrogens (tertiary/aromatic N) is 2. The standard InChI is InChI=1S/C16H18ClN3O/c1-10(2)14-8-13(9-15(17)20-14)16(21)19-11(3)12-4-6-18-7-5-12/h4-11H,1-3H3,(H,19,21). The Kier molecular flexibility index (Phi) is 4.91. The Labute approximate surface area is 129 Å². The van der Waals surface area contributed by atoms with E-state index in [1.54, 1.807) is 24.5 Å². The molecule has 2 rings (SSSR count). The van der Waals surface area contributed by atoms with Gasteiger partial charge in [-0.05, 0) is 42.7 Å². The number of nitrogens with one attached hydrogen (secondary N) is 1. The van der Waals surface area contributed by atoms with E-state index in [1.807, 2.05) is 32.9 Å². The summed E-state index contributed by atoms with van der Waals surface area (Å²) in [5.41, 5.74) is 2.34. The lowest BCUT2D eigenvalue weighted by molar-refractivity contribution is 0.0939. The molecule has 0 saturated heterocycles. The van der Waals surface area contributed by atoms with Crippen LogP contribution < -0.4 is 5.32 Å². The summed E-state index contributed by atoms with van der Waals surface area (Å²) in [6, 6.07) is 7.02. The topological polar surface area (TPSA) is 54.9 Å². The highest BCUT2D eigenvalue weighted by atomic mass is 35.5. The highest BCUT2D eigenvalue weighted by Crippen LogP contribution is 2.19. The number of pyridine rings is 2. The number of aromatic nitrogens is 2. The normalized spacial score (nSPS) is 12.2. The van der Waals surface area contributed by atoms with Gasteiger partial charge in [-0.3, -0.25) is 9.78 Å². The first-order valence-corrected chi connectivity index (χ1v) is 7.23. The van der Waals surface area contributed by atoms with Crippen molar-refractivity contribution in [3.8, 4) is 0 Å². The average Bonchev–Trinajstić information content (AvgIpc) is 2.47. The van der Waals surface area contributed by atoms with E-state index in [1.165, 1.54) is 0 Å². The third-order valence-corrected chi connectivity index (χ3v) is 3.41. The van der Waals surface area contributed by atoms with Crippen LogP contribution in [0.2, 0.25) is 5.15 Å². The summed E-state index contributed by atoms with van der Waals surface area (Å²) < 4.78 is 0. The van der Waals surface area contributed by atoms with Gasteiger partial charge in [0, 0.05) is 23.7 Å². The van der Waals surface area contributed by atoms with Crippen LogP contribution in [0.25, 0.3) is 0 Å². The van der Waals surface area contributed by atoms with E-state index in [-0.39, 0.29) is 17.9 Å². The van der Waals surface area contributed by atoms with Crippen LogP contribution in [-0.4, -0.2) is 15.9 Å². The third kappa shape index (κ3) is 4.02. The molecule has 0 aliphatic rings. The second-order valence-electron chi connectivity index (χ2n) is 5.23. The van der Waals surface area contributed by atoms with E-state index >= 15 is 0 Å². The summed E-state index contributed by atoms with van der Waals surface area (Å²) in [7, 11) is 0. The molecule has 1 amide bonds. The van der Waals surface area contributed by atoms with Crippen LogP contribution in [-0.2, 0) is 0 Å². The minimum atomic E-state index is -0.162. The number of amides is 1. The zero-order chi connectivity index (χ0) is 15.4. The number of hydrogen-bond acceptors (Lipinski definition) is 3. The molecule has 5 heteroatoms. The molecule has 0 fully saturated rings. The number of carbonyl (C=O) groups is 1. The van der Waals surface area contributed by atoms with Crippen molar-refractivity contribution >= 4 is 17.5 Å². The fraction of sp³-hybridized carbons (Fsp3) is 0.312. The highest BCUT2D eigenvalue weighted by Gasteiger charge is 2.14. The first-order chi connectivity index (χ1) is 9.97. The van der Waals surface area contributed by atoms with Gasteiger partial charge in [-0.1, -0.05) is 25.4 Å². The van der Waals surface area contributed by atoms with Crippen LogP contribution in [0.15, 0.2) is 36.7 Å². The van der Waals surface area contributed by atoms with E-state index in [0.29, 0.717) is 10.7 Å². The van der Waals surface area contributed by atoms with Gasteiger partial charge in [0.25, 0.3) is 5.91 Å². The monoisotopic (exact) mass is 303 g/mol. The van der Waals surface area contributed by atoms with Crippen LogP contribution in [0, 0.1) is 0 Å². The average molecular weight is 304 g/mol. The molecule has 0 bridgehead atoms. The van der Waals surface area contributed by atoms with Crippen molar-refractivity contribution in [3.63, 3.8) is 0 Å². The molecule has 0 aromatic carbocycles. The second kappa shape index (κ2) is 6.68. The van der Waals surface area contributed by atoms with E-state index in [2.05, 4.69) is 15.3 Å². The van der Waals surface area contributed by atoms with Gasteiger partial charge in [-0.15, -0.1) is 0 Å². The largest absolute Gasteiger partial charge is 0.346 e. The van der Waals surface area contributed by atoms with Crippen molar-refractivity contribution in [1.82, 2.24) is 15.3 Å². The molecule has 4 nitrogen and oxygen atoms in total. The van der Waals surface area contributed by atoms with Gasteiger partial charge in [-0.2, -0.15) is 0 Å². The van der Waals surface area contributed by atoms with E-state index in [0.717, 1.165) is 11.3 Å². The number of halogens is 1. The summed E-state index contributed by atoms with van der Waals surface area (Å²) >= 11 is 5.99. The minimum Gasteiger partial charge on any atom is -0.346 e. The van der Waals surface area contributed by atoms with Crippen LogP contribution in [0.3, 0.4) is 0 Å². The maximum absolute atomic E-state index is 12.3. The van der Waals surface area contributed by atoms with Gasteiger partial charge in [0.05, 0.1) is 6.04 Å². The Bertz CT molecular complexity index is 629. The third-order valence-electron chi connectivity index (χ3n) is 3.22. The lowest BCUT2D eigenvalue weighted by Gasteiger charge is -2.15. The molecule has 0 aliphatic carbocycles. The summed E-state index contributed by atoms with van der Waals surface area (Å²) in [5.74, 6) is 0.0541. The summed E-state index contributed by atoms with van der Waals surface area (Å²) in [5, 5.41) is 3.29. The fourth-order valence-corrected chi connectivity index (χ4v) is 2.17. The summed E-state index contributed by atoms with van der Waals surface area (Å²) in [6.45, 7) is 5.96. The molecule has 2 aromatic rings. The van der Waals surface area contributed by atoms with Crippen molar-refractivity contribution in [3.05, 3.63) is 58.6 Å². The second-order valence-corrected chi connectivity index (χ2v) is 5.62. The number of rotatable bonds is 4. The highest BCUT2D eigenvalue weighted by molar-refractivity contribution is 6.29. The predicted octanol–water partition coefficient (Wildman–Crippen LogP) is 3.74. The smallest absolute Gasteiger partial charge is 0.251 e.